The highest BCUT2D eigenvalue weighted by Gasteiger charge is 2.22. The van der Waals surface area contributed by atoms with E-state index >= 15 is 0 Å². The zero-order chi connectivity index (χ0) is 15.9. The lowest BCUT2D eigenvalue weighted by Gasteiger charge is -2.28. The van der Waals surface area contributed by atoms with Crippen LogP contribution in [0.3, 0.4) is 0 Å². The van der Waals surface area contributed by atoms with Gasteiger partial charge in [0.25, 0.3) is 0 Å². The molecular weight excluding hydrogens is 280 g/mol. The lowest BCUT2D eigenvalue weighted by molar-refractivity contribution is -0.117. The molecule has 1 heterocycles. The van der Waals surface area contributed by atoms with Gasteiger partial charge in [-0.25, -0.2) is 0 Å². The van der Waals surface area contributed by atoms with Gasteiger partial charge in [0, 0.05) is 12.5 Å². The van der Waals surface area contributed by atoms with E-state index in [0.29, 0.717) is 35.4 Å². The van der Waals surface area contributed by atoms with Crippen molar-refractivity contribution in [3.63, 3.8) is 0 Å². The molecule has 0 bridgehead atoms. The normalized spacial score (nSPS) is 16.9. The highest BCUT2D eigenvalue weighted by molar-refractivity contribution is 5.92. The van der Waals surface area contributed by atoms with Crippen molar-refractivity contribution in [3.8, 4) is 11.5 Å². The molecule has 1 aliphatic heterocycles. The molecule has 2 N–H and O–H groups in total. The minimum Gasteiger partial charge on any atom is -0.497 e. The Morgan fingerprint density at radius 2 is 2.05 bits per heavy atom. The quantitative estimate of drug-likeness (QED) is 0.848. The summed E-state index contributed by atoms with van der Waals surface area (Å²) >= 11 is 0. The highest BCUT2D eigenvalue weighted by Crippen LogP contribution is 2.30. The van der Waals surface area contributed by atoms with E-state index in [-0.39, 0.29) is 5.91 Å². The number of carbonyl (C=O) groups is 1. The first-order valence-corrected chi connectivity index (χ1v) is 7.86. The lowest BCUT2D eigenvalue weighted by atomic mass is 9.84. The van der Waals surface area contributed by atoms with Crippen molar-refractivity contribution in [2.24, 2.45) is 11.8 Å². The Hall–Kier alpha value is -1.75. The fourth-order valence-corrected chi connectivity index (χ4v) is 2.98. The van der Waals surface area contributed by atoms with Crippen LogP contribution in [0.1, 0.15) is 26.2 Å². The van der Waals surface area contributed by atoms with Crippen molar-refractivity contribution in [2.45, 2.75) is 26.2 Å². The van der Waals surface area contributed by atoms with Crippen LogP contribution in [0.15, 0.2) is 18.2 Å². The average Bonchev–Trinajstić information content (AvgIpc) is 2.55. The number of nitrogens with one attached hydrogen (secondary N) is 2. The molecule has 1 aromatic carbocycles. The third-order valence-electron chi connectivity index (χ3n) is 4.38. The first-order valence-electron chi connectivity index (χ1n) is 7.86. The Kier molecular flexibility index (Phi) is 6.07. The molecule has 2 rings (SSSR count). The molecule has 1 aliphatic rings. The van der Waals surface area contributed by atoms with Crippen LogP contribution >= 0.6 is 0 Å². The Bertz CT molecular complexity index is 499. The van der Waals surface area contributed by atoms with Crippen LogP contribution in [-0.4, -0.2) is 33.2 Å². The number of rotatable bonds is 6. The number of methoxy groups -OCH3 is 2. The standard InChI is InChI=1S/C17H26N2O3/c1-12(13-6-8-18-9-7-13)10-17(20)19-15-5-4-14(21-2)11-16(15)22-3/h4-5,11-13,18H,6-10H2,1-3H3,(H,19,20). The monoisotopic (exact) mass is 306 g/mol. The largest absolute Gasteiger partial charge is 0.497 e. The van der Waals surface area contributed by atoms with Gasteiger partial charge in [0.2, 0.25) is 5.91 Å². The van der Waals surface area contributed by atoms with E-state index in [1.54, 1.807) is 20.3 Å². The van der Waals surface area contributed by atoms with E-state index in [1.165, 1.54) is 0 Å². The second kappa shape index (κ2) is 8.03. The molecule has 1 saturated heterocycles. The molecule has 0 spiro atoms. The minimum atomic E-state index is 0.0366. The van der Waals surface area contributed by atoms with E-state index in [0.717, 1.165) is 25.9 Å². The Balaban J connectivity index is 1.93. The zero-order valence-corrected chi connectivity index (χ0v) is 13.6. The summed E-state index contributed by atoms with van der Waals surface area (Å²) in [6.45, 7) is 4.28. The van der Waals surface area contributed by atoms with Crippen LogP contribution in [0.25, 0.3) is 0 Å². The molecule has 0 aliphatic carbocycles. The lowest BCUT2D eigenvalue weighted by Crippen LogP contribution is -2.32. The van der Waals surface area contributed by atoms with Crippen molar-refractivity contribution in [3.05, 3.63) is 18.2 Å². The summed E-state index contributed by atoms with van der Waals surface area (Å²) in [7, 11) is 3.19. The number of piperidine rings is 1. The molecular formula is C17H26N2O3. The molecule has 1 amide bonds. The smallest absolute Gasteiger partial charge is 0.224 e. The Morgan fingerprint density at radius 3 is 2.68 bits per heavy atom. The molecule has 0 radical (unpaired) electrons. The molecule has 0 aromatic heterocycles. The van der Waals surface area contributed by atoms with Crippen LogP contribution < -0.4 is 20.1 Å². The molecule has 5 heteroatoms. The van der Waals surface area contributed by atoms with Crippen LogP contribution in [0, 0.1) is 11.8 Å². The zero-order valence-electron chi connectivity index (χ0n) is 13.6. The third-order valence-corrected chi connectivity index (χ3v) is 4.38. The van der Waals surface area contributed by atoms with Crippen molar-refractivity contribution in [1.29, 1.82) is 0 Å². The maximum Gasteiger partial charge on any atom is 0.224 e. The van der Waals surface area contributed by atoms with Crippen LogP contribution in [0.2, 0.25) is 0 Å². The SMILES string of the molecule is COc1ccc(NC(=O)CC(C)C2CCNCC2)c(OC)c1. The van der Waals surface area contributed by atoms with Crippen LogP contribution in [0.5, 0.6) is 11.5 Å². The van der Waals surface area contributed by atoms with Crippen molar-refractivity contribution in [2.75, 3.05) is 32.6 Å². The van der Waals surface area contributed by atoms with Gasteiger partial charge >= 0.3 is 0 Å². The van der Waals surface area contributed by atoms with Gasteiger partial charge in [0.1, 0.15) is 11.5 Å². The minimum absolute atomic E-state index is 0.0366. The fraction of sp³-hybridized carbons (Fsp3) is 0.588. The van der Waals surface area contributed by atoms with Gasteiger partial charge in [-0.15, -0.1) is 0 Å². The van der Waals surface area contributed by atoms with Gasteiger partial charge in [0.15, 0.2) is 0 Å². The van der Waals surface area contributed by atoms with Crippen molar-refractivity contribution >= 4 is 11.6 Å². The summed E-state index contributed by atoms with van der Waals surface area (Å²) in [6.07, 6.45) is 2.85. The topological polar surface area (TPSA) is 59.6 Å². The number of hydrogen-bond acceptors (Lipinski definition) is 4. The second-order valence-electron chi connectivity index (χ2n) is 5.88. The van der Waals surface area contributed by atoms with E-state index in [9.17, 15) is 4.79 Å². The van der Waals surface area contributed by atoms with E-state index < -0.39 is 0 Å². The number of anilines is 1. The summed E-state index contributed by atoms with van der Waals surface area (Å²) in [5.74, 6) is 2.38. The van der Waals surface area contributed by atoms with Gasteiger partial charge < -0.3 is 20.1 Å². The van der Waals surface area contributed by atoms with Gasteiger partial charge in [-0.3, -0.25) is 4.79 Å². The van der Waals surface area contributed by atoms with Crippen LogP contribution in [-0.2, 0) is 4.79 Å². The average molecular weight is 306 g/mol. The number of carbonyl (C=O) groups excluding carboxylic acids is 1. The van der Waals surface area contributed by atoms with Crippen molar-refractivity contribution < 1.29 is 14.3 Å². The van der Waals surface area contributed by atoms with E-state index in [2.05, 4.69) is 17.6 Å². The molecule has 0 saturated carbocycles. The van der Waals surface area contributed by atoms with Gasteiger partial charge in [-0.05, 0) is 49.9 Å². The predicted molar refractivity (Wildman–Crippen MR) is 87.6 cm³/mol. The number of benzene rings is 1. The second-order valence-corrected chi connectivity index (χ2v) is 5.88. The molecule has 1 unspecified atom stereocenters. The maximum absolute atomic E-state index is 12.3. The van der Waals surface area contributed by atoms with E-state index in [4.69, 9.17) is 9.47 Å². The maximum atomic E-state index is 12.3. The predicted octanol–water partition coefficient (Wildman–Crippen LogP) is 2.67. The molecule has 1 atom stereocenters. The van der Waals surface area contributed by atoms with Crippen molar-refractivity contribution in [1.82, 2.24) is 5.32 Å². The number of hydrogen-bond donors (Lipinski definition) is 2. The molecule has 1 aromatic rings. The molecule has 1 fully saturated rings. The summed E-state index contributed by atoms with van der Waals surface area (Å²) in [5.41, 5.74) is 0.686. The Labute approximate surface area is 132 Å². The van der Waals surface area contributed by atoms with Gasteiger partial charge in [-0.1, -0.05) is 6.92 Å². The van der Waals surface area contributed by atoms with Gasteiger partial charge in [0.05, 0.1) is 19.9 Å². The molecule has 122 valence electrons. The Morgan fingerprint density at radius 1 is 1.32 bits per heavy atom. The summed E-state index contributed by atoms with van der Waals surface area (Å²) in [5, 5.41) is 6.31. The van der Waals surface area contributed by atoms with Crippen LogP contribution in [0.4, 0.5) is 5.69 Å². The van der Waals surface area contributed by atoms with Gasteiger partial charge in [-0.2, -0.15) is 0 Å². The number of amides is 1. The first kappa shape index (κ1) is 16.6. The highest BCUT2D eigenvalue weighted by atomic mass is 16.5. The first-order chi connectivity index (χ1) is 10.6. The number of ether oxygens (including phenoxy) is 2. The van der Waals surface area contributed by atoms with E-state index in [1.807, 2.05) is 12.1 Å². The summed E-state index contributed by atoms with van der Waals surface area (Å²) < 4.78 is 10.5. The molecule has 5 nitrogen and oxygen atoms in total. The third kappa shape index (κ3) is 4.37. The summed E-state index contributed by atoms with van der Waals surface area (Å²) in [4.78, 5) is 12.3. The fourth-order valence-electron chi connectivity index (χ4n) is 2.98. The summed E-state index contributed by atoms with van der Waals surface area (Å²) in [6, 6.07) is 5.39. The molecule has 22 heavy (non-hydrogen) atoms.